The second-order valence-corrected chi connectivity index (χ2v) is 0. The van der Waals surface area contributed by atoms with E-state index in [1.54, 1.807) is 0 Å². The minimum atomic E-state index is 0. The van der Waals surface area contributed by atoms with Gasteiger partial charge in [-0.1, -0.05) is 0 Å². The minimum Gasteiger partial charge on any atom is -0.412 e. The van der Waals surface area contributed by atoms with Crippen LogP contribution in [0.1, 0.15) is 0 Å². The number of rotatable bonds is 0. The van der Waals surface area contributed by atoms with E-state index in [0.717, 1.165) is 0 Å². The van der Waals surface area contributed by atoms with Gasteiger partial charge in [0.05, 0.1) is 0 Å². The Morgan fingerprint density at radius 1 is 0.600 bits per heavy atom. The molecule has 0 aromatic heterocycles. The summed E-state index contributed by atoms with van der Waals surface area (Å²) in [5.41, 5.74) is 0. The van der Waals surface area contributed by atoms with Crippen LogP contribution in [0.15, 0.2) is 0 Å². The summed E-state index contributed by atoms with van der Waals surface area (Å²) < 4.78 is 0. The first kappa shape index (κ1) is 114. The van der Waals surface area contributed by atoms with Gasteiger partial charge in [-0.2, -0.15) is 0 Å². The van der Waals surface area contributed by atoms with Crippen LogP contribution in [0.25, 0.3) is 0 Å². The maximum absolute atomic E-state index is 0. The molecule has 3 nitrogen and oxygen atoms in total. The van der Waals surface area contributed by atoms with Crippen molar-refractivity contribution in [1.29, 1.82) is 0 Å². The Balaban J connectivity index is 0. The molecule has 0 aliphatic rings. The Bertz CT molecular complexity index is 6.85. The van der Waals surface area contributed by atoms with Crippen LogP contribution < -0.4 is 0 Å². The molecule has 0 aliphatic heterocycles. The molecule has 0 aromatic rings. The molecule has 0 heterocycles. The second-order valence-electron chi connectivity index (χ2n) is 0. The van der Waals surface area contributed by atoms with Crippen molar-refractivity contribution in [2.75, 3.05) is 0 Å². The van der Waals surface area contributed by atoms with Crippen molar-refractivity contribution in [2.45, 2.75) is 0 Å². The average Bonchev–Trinajstić information content (AvgIpc) is 0. The summed E-state index contributed by atoms with van der Waals surface area (Å²) in [6.45, 7) is 0. The molecule has 0 fully saturated rings. The first-order valence-electron chi connectivity index (χ1n) is 0. The van der Waals surface area contributed by atoms with Gasteiger partial charge in [-0.25, -0.2) is 0 Å². The predicted molar refractivity (Wildman–Crippen MR) is 10.8 cm³/mol. The molecule has 0 saturated heterocycles. The molecule has 0 unspecified atom stereocenters. The molecule has 0 spiro atoms. The fraction of sp³-hybridized carbons (Fsp3) is 0. The summed E-state index contributed by atoms with van der Waals surface area (Å²) in [5, 5.41) is 0. The predicted octanol–water partition coefficient (Wildman–Crippen LogP) is -2.48. The van der Waals surface area contributed by atoms with Crippen molar-refractivity contribution >= 4 is 0 Å². The topological polar surface area (TPSA) is 94.5 Å². The first-order chi connectivity index (χ1) is 0. The van der Waals surface area contributed by atoms with Crippen LogP contribution in [0.5, 0.6) is 0 Å². The Morgan fingerprint density at radius 3 is 0.600 bits per heavy atom. The molecular formula is H6O3TiZn. The molecule has 30 valence electrons. The molecule has 0 bridgehead atoms. The van der Waals surface area contributed by atoms with Gasteiger partial charge < -0.3 is 16.4 Å². The van der Waals surface area contributed by atoms with Crippen LogP contribution in [0.2, 0.25) is 0 Å². The Kier molecular flexibility index (Phi) is 1430. The molecule has 6 N–H and O–H groups in total. The van der Waals surface area contributed by atoms with E-state index in [-0.39, 0.29) is 57.6 Å². The van der Waals surface area contributed by atoms with Crippen molar-refractivity contribution in [1.82, 2.24) is 0 Å². The average molecular weight is 167 g/mol. The Hall–Kier alpha value is 1.22. The molecule has 5 heavy (non-hydrogen) atoms. The minimum absolute atomic E-state index is 0. The zero-order chi connectivity index (χ0) is 0. The van der Waals surface area contributed by atoms with Crippen LogP contribution in [-0.2, 0) is 41.2 Å². The van der Waals surface area contributed by atoms with Gasteiger partial charge >= 0.3 is 0 Å². The van der Waals surface area contributed by atoms with Gasteiger partial charge in [-0.3, -0.25) is 0 Å². The molecule has 5 heteroatoms. The van der Waals surface area contributed by atoms with Gasteiger partial charge in [0.15, 0.2) is 0 Å². The van der Waals surface area contributed by atoms with E-state index in [2.05, 4.69) is 0 Å². The van der Waals surface area contributed by atoms with E-state index in [1.807, 2.05) is 0 Å². The zero-order valence-corrected chi connectivity index (χ0v) is 7.24. The van der Waals surface area contributed by atoms with Gasteiger partial charge in [0.25, 0.3) is 0 Å². The molecule has 0 amide bonds. The summed E-state index contributed by atoms with van der Waals surface area (Å²) >= 11 is 0. The van der Waals surface area contributed by atoms with Crippen molar-refractivity contribution < 1.29 is 57.6 Å². The van der Waals surface area contributed by atoms with Gasteiger partial charge in [0.2, 0.25) is 0 Å². The Labute approximate surface area is 57.7 Å². The zero-order valence-electron chi connectivity index (χ0n) is 2.71. The van der Waals surface area contributed by atoms with Crippen molar-refractivity contribution in [3.8, 4) is 0 Å². The van der Waals surface area contributed by atoms with Crippen LogP contribution in [0, 0.1) is 0 Å². The van der Waals surface area contributed by atoms with Crippen LogP contribution in [0.4, 0.5) is 0 Å². The van der Waals surface area contributed by atoms with E-state index < -0.39 is 0 Å². The van der Waals surface area contributed by atoms with E-state index >= 15 is 0 Å². The third-order valence-corrected chi connectivity index (χ3v) is 0. The van der Waals surface area contributed by atoms with Gasteiger partial charge in [0.1, 0.15) is 0 Å². The van der Waals surface area contributed by atoms with E-state index in [9.17, 15) is 0 Å². The monoisotopic (exact) mass is 166 g/mol. The Morgan fingerprint density at radius 2 is 0.600 bits per heavy atom. The third kappa shape index (κ3) is 36.4. The quantitative estimate of drug-likeness (QED) is 0.357. The van der Waals surface area contributed by atoms with Gasteiger partial charge in [-0.15, -0.1) is 0 Å². The van der Waals surface area contributed by atoms with Crippen LogP contribution in [0.3, 0.4) is 0 Å². The first-order valence-corrected chi connectivity index (χ1v) is 0. The summed E-state index contributed by atoms with van der Waals surface area (Å²) in [5.74, 6) is 0. The number of hydrogen-bond acceptors (Lipinski definition) is 0. The molecule has 0 aliphatic carbocycles. The number of hydrogen-bond donors (Lipinski definition) is 0. The smallest absolute Gasteiger partial charge is 0 e. The van der Waals surface area contributed by atoms with Crippen molar-refractivity contribution in [3.05, 3.63) is 0 Å². The molecule has 0 atom stereocenters. The molecule has 0 radical (unpaired) electrons. The molecule has 0 saturated carbocycles. The van der Waals surface area contributed by atoms with E-state index in [4.69, 9.17) is 0 Å². The fourth-order valence-electron chi connectivity index (χ4n) is 0. The summed E-state index contributed by atoms with van der Waals surface area (Å²) in [6, 6.07) is 0. The standard InChI is InChI=1S/3H2O.Ti.Zn/h3*1H2;;. The molecule has 0 aromatic carbocycles. The van der Waals surface area contributed by atoms with Crippen molar-refractivity contribution in [3.63, 3.8) is 0 Å². The van der Waals surface area contributed by atoms with E-state index in [1.165, 1.54) is 0 Å². The molecular weight excluding hydrogens is 161 g/mol. The maximum atomic E-state index is 0. The SMILES string of the molecule is O.O.O.[Ti].[Zn]. The largest absolute Gasteiger partial charge is 0.412 e. The van der Waals surface area contributed by atoms with Crippen molar-refractivity contribution in [2.24, 2.45) is 0 Å². The third-order valence-electron chi connectivity index (χ3n) is 0. The van der Waals surface area contributed by atoms with Gasteiger partial charge in [0, 0.05) is 41.2 Å². The van der Waals surface area contributed by atoms with E-state index in [0.29, 0.717) is 0 Å². The fourth-order valence-corrected chi connectivity index (χ4v) is 0. The summed E-state index contributed by atoms with van der Waals surface area (Å²) in [6.07, 6.45) is 0. The summed E-state index contributed by atoms with van der Waals surface area (Å²) in [4.78, 5) is 0. The van der Waals surface area contributed by atoms with Gasteiger partial charge in [-0.05, 0) is 0 Å². The normalized spacial score (nSPS) is 0. The van der Waals surface area contributed by atoms with Crippen LogP contribution >= 0.6 is 0 Å². The maximum Gasteiger partial charge on any atom is 0 e. The summed E-state index contributed by atoms with van der Waals surface area (Å²) in [7, 11) is 0. The van der Waals surface area contributed by atoms with Crippen LogP contribution in [-0.4, -0.2) is 16.4 Å². The molecule has 0 rings (SSSR count). The second kappa shape index (κ2) is 62.6.